The molecule has 0 aromatic heterocycles. The predicted molar refractivity (Wildman–Crippen MR) is 66.5 cm³/mol. The van der Waals surface area contributed by atoms with Crippen LogP contribution in [-0.2, 0) is 11.2 Å². The molecule has 17 heavy (non-hydrogen) atoms. The van der Waals surface area contributed by atoms with Gasteiger partial charge in [0, 0.05) is 6.54 Å². The monoisotopic (exact) mass is 237 g/mol. The molecule has 5 heteroatoms. The van der Waals surface area contributed by atoms with Crippen molar-refractivity contribution in [1.82, 2.24) is 5.32 Å². The Hall–Kier alpha value is -1.59. The van der Waals surface area contributed by atoms with Gasteiger partial charge in [-0.3, -0.25) is 4.79 Å². The lowest BCUT2D eigenvalue weighted by Crippen LogP contribution is -2.42. The molecular formula is C12H19N3O2. The zero-order valence-electron chi connectivity index (χ0n) is 9.73. The number of aromatic hydroxyl groups is 1. The highest BCUT2D eigenvalue weighted by Crippen LogP contribution is 2.10. The van der Waals surface area contributed by atoms with Gasteiger partial charge in [-0.05, 0) is 37.1 Å². The Labute approximate surface area is 101 Å². The Morgan fingerprint density at radius 2 is 2.00 bits per heavy atom. The Balaban J connectivity index is 2.40. The average molecular weight is 237 g/mol. The van der Waals surface area contributed by atoms with E-state index in [1.54, 1.807) is 24.3 Å². The summed E-state index contributed by atoms with van der Waals surface area (Å²) in [5.41, 5.74) is 12.0. The van der Waals surface area contributed by atoms with Crippen LogP contribution in [-0.4, -0.2) is 30.1 Å². The van der Waals surface area contributed by atoms with Gasteiger partial charge in [0.05, 0.1) is 6.04 Å². The van der Waals surface area contributed by atoms with Gasteiger partial charge in [-0.25, -0.2) is 0 Å². The number of benzene rings is 1. The molecule has 1 aromatic rings. The lowest BCUT2D eigenvalue weighted by molar-refractivity contribution is -0.122. The summed E-state index contributed by atoms with van der Waals surface area (Å²) >= 11 is 0. The SMILES string of the molecule is NCCCNC(=O)[C@@H](N)Cc1ccc(O)cc1. The largest absolute Gasteiger partial charge is 0.508 e. The lowest BCUT2D eigenvalue weighted by Gasteiger charge is -2.12. The van der Waals surface area contributed by atoms with Gasteiger partial charge in [0.1, 0.15) is 5.75 Å². The first-order valence-electron chi connectivity index (χ1n) is 5.64. The summed E-state index contributed by atoms with van der Waals surface area (Å²) < 4.78 is 0. The lowest BCUT2D eigenvalue weighted by atomic mass is 10.1. The van der Waals surface area contributed by atoms with Crippen LogP contribution in [0, 0.1) is 0 Å². The van der Waals surface area contributed by atoms with Crippen LogP contribution in [0.15, 0.2) is 24.3 Å². The van der Waals surface area contributed by atoms with E-state index in [9.17, 15) is 4.79 Å². The van der Waals surface area contributed by atoms with E-state index in [4.69, 9.17) is 16.6 Å². The molecule has 0 spiro atoms. The molecule has 6 N–H and O–H groups in total. The van der Waals surface area contributed by atoms with E-state index in [1.807, 2.05) is 0 Å². The van der Waals surface area contributed by atoms with E-state index < -0.39 is 6.04 Å². The van der Waals surface area contributed by atoms with Gasteiger partial charge in [-0.2, -0.15) is 0 Å². The number of hydrogen-bond acceptors (Lipinski definition) is 4. The fraction of sp³-hybridized carbons (Fsp3) is 0.417. The van der Waals surface area contributed by atoms with Crippen molar-refractivity contribution >= 4 is 5.91 Å². The maximum atomic E-state index is 11.6. The number of rotatable bonds is 6. The van der Waals surface area contributed by atoms with E-state index >= 15 is 0 Å². The van der Waals surface area contributed by atoms with Crippen LogP contribution in [0.4, 0.5) is 0 Å². The van der Waals surface area contributed by atoms with Crippen molar-refractivity contribution in [3.63, 3.8) is 0 Å². The molecule has 0 radical (unpaired) electrons. The molecule has 0 heterocycles. The molecule has 0 saturated carbocycles. The van der Waals surface area contributed by atoms with Crippen molar-refractivity contribution in [2.24, 2.45) is 11.5 Å². The number of nitrogens with two attached hydrogens (primary N) is 2. The van der Waals surface area contributed by atoms with E-state index in [0.29, 0.717) is 19.5 Å². The van der Waals surface area contributed by atoms with Gasteiger partial charge in [0.15, 0.2) is 0 Å². The number of phenols is 1. The zero-order chi connectivity index (χ0) is 12.7. The molecule has 0 saturated heterocycles. The van der Waals surface area contributed by atoms with Crippen LogP contribution in [0.25, 0.3) is 0 Å². The molecule has 1 aromatic carbocycles. The predicted octanol–water partition coefficient (Wildman–Crippen LogP) is -0.273. The van der Waals surface area contributed by atoms with E-state index in [2.05, 4.69) is 5.32 Å². The third kappa shape index (κ3) is 4.84. The fourth-order valence-corrected chi connectivity index (χ4v) is 1.42. The Morgan fingerprint density at radius 1 is 1.35 bits per heavy atom. The molecule has 0 unspecified atom stereocenters. The Kier molecular flexibility index (Phi) is 5.45. The minimum absolute atomic E-state index is 0.175. The van der Waals surface area contributed by atoms with Crippen molar-refractivity contribution in [3.05, 3.63) is 29.8 Å². The van der Waals surface area contributed by atoms with Gasteiger partial charge in [-0.1, -0.05) is 12.1 Å². The summed E-state index contributed by atoms with van der Waals surface area (Å²) in [4.78, 5) is 11.6. The smallest absolute Gasteiger partial charge is 0.237 e. The Bertz CT molecular complexity index is 351. The van der Waals surface area contributed by atoms with Crippen LogP contribution in [0.2, 0.25) is 0 Å². The summed E-state index contributed by atoms with van der Waals surface area (Å²) in [6.07, 6.45) is 1.20. The van der Waals surface area contributed by atoms with E-state index in [-0.39, 0.29) is 11.7 Å². The van der Waals surface area contributed by atoms with Crippen LogP contribution < -0.4 is 16.8 Å². The molecule has 1 rings (SSSR count). The second-order valence-electron chi connectivity index (χ2n) is 3.91. The zero-order valence-corrected chi connectivity index (χ0v) is 9.73. The highest BCUT2D eigenvalue weighted by Gasteiger charge is 2.13. The second kappa shape index (κ2) is 6.88. The van der Waals surface area contributed by atoms with Crippen molar-refractivity contribution < 1.29 is 9.90 Å². The molecule has 0 aliphatic heterocycles. The number of hydrogen-bond donors (Lipinski definition) is 4. The molecule has 0 bridgehead atoms. The molecule has 1 atom stereocenters. The van der Waals surface area contributed by atoms with Gasteiger partial charge < -0.3 is 21.9 Å². The van der Waals surface area contributed by atoms with Gasteiger partial charge in [0.2, 0.25) is 5.91 Å². The van der Waals surface area contributed by atoms with Crippen LogP contribution in [0.1, 0.15) is 12.0 Å². The average Bonchev–Trinajstić information content (AvgIpc) is 2.32. The summed E-state index contributed by atoms with van der Waals surface area (Å²) in [6.45, 7) is 1.10. The van der Waals surface area contributed by atoms with E-state index in [1.165, 1.54) is 0 Å². The summed E-state index contributed by atoms with van der Waals surface area (Å²) in [6, 6.07) is 6.09. The highest BCUT2D eigenvalue weighted by atomic mass is 16.3. The van der Waals surface area contributed by atoms with Crippen LogP contribution in [0.5, 0.6) is 5.75 Å². The van der Waals surface area contributed by atoms with Crippen molar-refractivity contribution in [3.8, 4) is 5.75 Å². The first-order chi connectivity index (χ1) is 8.13. The van der Waals surface area contributed by atoms with Gasteiger partial charge >= 0.3 is 0 Å². The van der Waals surface area contributed by atoms with Crippen molar-refractivity contribution in [1.29, 1.82) is 0 Å². The highest BCUT2D eigenvalue weighted by molar-refractivity contribution is 5.81. The van der Waals surface area contributed by atoms with Crippen molar-refractivity contribution in [2.75, 3.05) is 13.1 Å². The normalized spacial score (nSPS) is 12.1. The van der Waals surface area contributed by atoms with Gasteiger partial charge in [0.25, 0.3) is 0 Å². The standard InChI is InChI=1S/C12H19N3O2/c13-6-1-7-15-12(17)11(14)8-9-2-4-10(16)5-3-9/h2-5,11,16H,1,6-8,13-14H2,(H,15,17)/t11-/m0/s1. The van der Waals surface area contributed by atoms with Crippen molar-refractivity contribution in [2.45, 2.75) is 18.9 Å². The number of nitrogens with one attached hydrogen (secondary N) is 1. The summed E-state index contributed by atoms with van der Waals surface area (Å²) in [7, 11) is 0. The third-order valence-corrected chi connectivity index (χ3v) is 2.41. The quantitative estimate of drug-likeness (QED) is 0.511. The molecule has 0 aliphatic carbocycles. The molecule has 0 aliphatic rings. The maximum Gasteiger partial charge on any atom is 0.237 e. The number of carbonyl (C=O) groups excluding carboxylic acids is 1. The number of phenolic OH excluding ortho intramolecular Hbond substituents is 1. The van der Waals surface area contributed by atoms with Gasteiger partial charge in [-0.15, -0.1) is 0 Å². The number of carbonyl (C=O) groups is 1. The first kappa shape index (κ1) is 13.5. The Morgan fingerprint density at radius 3 is 2.59 bits per heavy atom. The molecule has 94 valence electrons. The van der Waals surface area contributed by atoms with Crippen LogP contribution >= 0.6 is 0 Å². The van der Waals surface area contributed by atoms with E-state index in [0.717, 1.165) is 12.0 Å². The summed E-state index contributed by atoms with van der Waals surface area (Å²) in [5, 5.41) is 11.8. The molecule has 5 nitrogen and oxygen atoms in total. The third-order valence-electron chi connectivity index (χ3n) is 2.41. The fourth-order valence-electron chi connectivity index (χ4n) is 1.42. The van der Waals surface area contributed by atoms with Crippen LogP contribution in [0.3, 0.4) is 0 Å². The minimum atomic E-state index is -0.572. The molecule has 1 amide bonds. The summed E-state index contributed by atoms with van der Waals surface area (Å²) in [5.74, 6) is 0.0289. The molecular weight excluding hydrogens is 218 g/mol. The second-order valence-corrected chi connectivity index (χ2v) is 3.91. The first-order valence-corrected chi connectivity index (χ1v) is 5.64. The minimum Gasteiger partial charge on any atom is -0.508 e. The number of amides is 1. The topological polar surface area (TPSA) is 101 Å². The molecule has 0 fully saturated rings. The maximum absolute atomic E-state index is 11.6.